The number of rotatable bonds is 25. The molecule has 5 atom stereocenters. The molecule has 4 aliphatic rings. The minimum Gasteiger partial charge on any atom is -0.870 e. The summed E-state index contributed by atoms with van der Waals surface area (Å²) in [6.07, 6.45) is 5.93. The first-order valence-electron chi connectivity index (χ1n) is 47.6. The number of ketones is 3. The van der Waals surface area contributed by atoms with E-state index in [2.05, 4.69) is 29.9 Å². The van der Waals surface area contributed by atoms with Crippen LogP contribution >= 0.6 is 35.1 Å². The Morgan fingerprint density at radius 1 is 0.463 bits per heavy atom. The smallest absolute Gasteiger partial charge is 0.870 e. The number of aromatic nitrogens is 2. The molecule has 4 saturated heterocycles. The van der Waals surface area contributed by atoms with Gasteiger partial charge in [-0.05, 0) is 206 Å². The number of carboxylic acids is 1. The van der Waals surface area contributed by atoms with Gasteiger partial charge in [-0.1, -0.05) is 179 Å². The number of esters is 5. The number of Topliss-reactive ketones (excluding diaryl/α,β-unsaturated/α-hetero) is 3. The van der Waals surface area contributed by atoms with E-state index >= 15 is 0 Å². The molecule has 0 saturated carbocycles. The van der Waals surface area contributed by atoms with Crippen LogP contribution in [0.15, 0.2) is 156 Å². The van der Waals surface area contributed by atoms with Gasteiger partial charge in [0.15, 0.2) is 46.6 Å². The summed E-state index contributed by atoms with van der Waals surface area (Å²) >= 11 is 2.92. The number of carbonyl (C=O) groups excluding carboxylic acids is 12. The van der Waals surface area contributed by atoms with Crippen molar-refractivity contribution in [2.75, 3.05) is 85.5 Å². The zero-order chi connectivity index (χ0) is 105. The van der Waals surface area contributed by atoms with Crippen molar-refractivity contribution in [3.63, 3.8) is 0 Å². The number of amides is 4. The van der Waals surface area contributed by atoms with Crippen LogP contribution in [0.5, 0.6) is 0 Å². The van der Waals surface area contributed by atoms with Gasteiger partial charge in [0.2, 0.25) is 11.6 Å². The number of hydrogen-bond donors (Lipinski definition) is 4. The maximum absolute atomic E-state index is 12.9. The molecule has 0 aliphatic carbocycles. The van der Waals surface area contributed by atoms with Gasteiger partial charge >= 0.3 is 73.0 Å². The molecule has 4 amide bonds. The number of carbonyl (C=O) groups is 13. The number of piperidine rings is 3. The monoisotopic (exact) mass is 2090 g/mol. The number of carboxylic acid groups (broad SMARTS) is 1. The molecule has 2 aromatic heterocycles. The topological polar surface area (TPSA) is 541 Å². The van der Waals surface area contributed by atoms with E-state index in [0.717, 1.165) is 98.3 Å². The van der Waals surface area contributed by atoms with Crippen molar-refractivity contribution >= 4 is 118 Å². The van der Waals surface area contributed by atoms with Crippen molar-refractivity contribution in [3.05, 3.63) is 233 Å². The molecular formula is C107H144ClLiN8O28S2. The Morgan fingerprint density at radius 3 is 1.18 bits per heavy atom. The fourth-order valence-electron chi connectivity index (χ4n) is 14.1. The van der Waals surface area contributed by atoms with Crippen molar-refractivity contribution in [1.29, 1.82) is 0 Å². The van der Waals surface area contributed by atoms with Gasteiger partial charge in [-0.3, -0.25) is 24.0 Å². The molecule has 0 spiro atoms. The van der Waals surface area contributed by atoms with Crippen molar-refractivity contribution in [2.45, 2.75) is 237 Å². The van der Waals surface area contributed by atoms with E-state index in [-0.39, 0.29) is 116 Å². The Morgan fingerprint density at radius 2 is 0.810 bits per heavy atom. The summed E-state index contributed by atoms with van der Waals surface area (Å²) in [5.41, 5.74) is 13.4. The van der Waals surface area contributed by atoms with Crippen LogP contribution in [0.1, 0.15) is 268 Å². The number of likely N-dealkylation sites (tertiary alicyclic amines) is 3. The van der Waals surface area contributed by atoms with Crippen molar-refractivity contribution in [2.24, 2.45) is 16.8 Å². The van der Waals surface area contributed by atoms with Crippen LogP contribution < -0.4 is 29.9 Å². The summed E-state index contributed by atoms with van der Waals surface area (Å²) < 4.78 is 45.6. The maximum Gasteiger partial charge on any atom is 1.00 e. The maximum atomic E-state index is 12.9. The van der Waals surface area contributed by atoms with Crippen LogP contribution in [0.2, 0.25) is 0 Å². The van der Waals surface area contributed by atoms with E-state index in [1.54, 1.807) is 150 Å². The Kier molecular flexibility index (Phi) is 58.9. The number of benzene rings is 6. The van der Waals surface area contributed by atoms with E-state index in [0.29, 0.717) is 91.6 Å². The molecule has 6 heterocycles. The van der Waals surface area contributed by atoms with Gasteiger partial charge in [-0.15, -0.1) is 40.0 Å². The number of halogens is 1. The van der Waals surface area contributed by atoms with E-state index in [1.807, 2.05) is 144 Å². The third kappa shape index (κ3) is 45.0. The fourth-order valence-corrected chi connectivity index (χ4v) is 16.5. The number of hydrogen-bond acceptors (Lipinski definition) is 31. The van der Waals surface area contributed by atoms with E-state index in [1.165, 1.54) is 40.4 Å². The largest absolute Gasteiger partial charge is 1.00 e. The molecule has 800 valence electrons. The summed E-state index contributed by atoms with van der Waals surface area (Å²) in [6.45, 7) is 42.6. The standard InChI is InChI=1S/C23H32N2O6.C23H30N2O4S.C21H26N2O4S.C12H13NO4.C12H15NO3.C12H14O3.C4H8O.ClH.Li.3H2O/c1-6-30-21(28)18(19(26)16-11-9-15(2)10-12-16)24-20(27)17-8-7-13-25(14-17)22(29)31-23(3,4)5;1-6-28-21(26)18-19(16-11-9-15(2)10-12-16)30-20(24-18)17-8-7-13-25(14-17)22(27)29-23(3,4)5;1-13-7-9-14(10-8-13)17-16(19(24)25)22-18(28-17)15-6-5-11-23(12-15)20(26)27-21(2,3)4;1-3-17-12(15)10(13-16)11(14)9-6-4-8(2)5-7-9;1-3-16-12(15)10(13)11(14)9-6-4-8(2)5-7-9;1-3-15-12(14)8-11(13)10-6-4-9(2)5-7-10;1-2-4-5-3-1;;;;;/h9-12,17-18H,6-8,13-14H2,1-5H3,(H,24,27);9-12,17H,6-8,13-14H2,1-5H3;7-10,15H,5-6,11-12H2,1-4H3,(H,24,25);4-7,14H,3H2,1-2H3;4-7,10H,3,13H2,1-2H3;4-7H,3,8H2,1-2H3;1-4H2;1H;;3*1H2/q;;;;;;;;+1;;;/p-1. The van der Waals surface area contributed by atoms with Crippen molar-refractivity contribution in [3.8, 4) is 20.9 Å². The molecule has 8 aromatic rings. The minimum absolute atomic E-state index is 0. The molecule has 4 fully saturated rings. The zero-order valence-electron chi connectivity index (χ0n) is 88.0. The SMILES string of the molecule is C1CCOC1.CCOC(=O)C(N)C(=O)c1ccc(C)cc1.CCOC(=O)C(N=O)=C(O)c1ccc(C)cc1.CCOC(=O)C(NC(=O)C1CCCN(C(=O)OC(C)(C)C)C1)C(=O)c1ccc(C)cc1.CCOC(=O)CC(=O)c1ccc(C)cc1.CCOC(=O)c1nc(C2CCCN(C(=O)OC(C)(C)C)C2)sc1-c1ccc(C)cc1.Cc1ccc(-c2sc(C3CCCN(C(=O)OC(C)(C)C)C3)nc2C(=O)O)cc1.Cl.O.O.[Li+].[OH-]. The van der Waals surface area contributed by atoms with Crippen LogP contribution in [-0.2, 0) is 66.6 Å². The van der Waals surface area contributed by atoms with Gasteiger partial charge in [-0.25, -0.2) is 48.3 Å². The average Bonchev–Trinajstić information content (AvgIpc) is 1.65. The number of aromatic carboxylic acids is 1. The third-order valence-electron chi connectivity index (χ3n) is 21.4. The molecule has 147 heavy (non-hydrogen) atoms. The number of ether oxygens (including phenoxy) is 9. The fraction of sp³-hybridized carbons (Fsp3) is 0.467. The summed E-state index contributed by atoms with van der Waals surface area (Å²) in [5.74, 6) is -6.88. The predicted octanol–water partition coefficient (Wildman–Crippen LogP) is 15.4. The van der Waals surface area contributed by atoms with Crippen LogP contribution in [0.3, 0.4) is 0 Å². The predicted molar refractivity (Wildman–Crippen MR) is 558 cm³/mol. The van der Waals surface area contributed by atoms with Gasteiger partial charge in [0.1, 0.15) is 23.2 Å². The number of aryl methyl sites for hydroxylation is 6. The molecule has 6 aromatic carbocycles. The van der Waals surface area contributed by atoms with Gasteiger partial charge in [-0.2, -0.15) is 0 Å². The summed E-state index contributed by atoms with van der Waals surface area (Å²) in [5, 5.41) is 26.1. The van der Waals surface area contributed by atoms with Crippen molar-refractivity contribution < 1.29 is 150 Å². The first-order valence-corrected chi connectivity index (χ1v) is 49.2. The van der Waals surface area contributed by atoms with E-state index in [4.69, 9.17) is 38.9 Å². The Labute approximate surface area is 886 Å². The van der Waals surface area contributed by atoms with E-state index < -0.39 is 106 Å². The zero-order valence-corrected chi connectivity index (χ0v) is 90.5. The van der Waals surface area contributed by atoms with Crippen LogP contribution in [-0.4, -0.2) is 243 Å². The number of aliphatic hydroxyl groups is 1. The Hall–Kier alpha value is -12.5. The number of nitroso groups, excluding NO2 is 1. The van der Waals surface area contributed by atoms with Crippen LogP contribution in [0, 0.1) is 52.4 Å². The molecule has 4 aliphatic heterocycles. The Bertz CT molecular complexity index is 5580. The normalized spacial score (nSPS) is 14.9. The second-order valence-corrected chi connectivity index (χ2v) is 38.9. The van der Waals surface area contributed by atoms with Gasteiger partial charge in [0.05, 0.1) is 58.7 Å². The average molecular weight is 2100 g/mol. The summed E-state index contributed by atoms with van der Waals surface area (Å²) in [4.78, 5) is 183. The number of aliphatic hydroxyl groups excluding tert-OH is 1. The molecule has 40 heteroatoms. The summed E-state index contributed by atoms with van der Waals surface area (Å²) in [6, 6.07) is 40.6. The Balaban J connectivity index is 0.000000884. The van der Waals surface area contributed by atoms with Gasteiger partial charge in [0, 0.05) is 86.6 Å². The molecule has 12 rings (SSSR count). The molecule has 36 nitrogen and oxygen atoms in total. The van der Waals surface area contributed by atoms with Gasteiger partial charge < -0.3 is 95.0 Å². The number of nitrogens with one attached hydrogen (secondary N) is 1. The van der Waals surface area contributed by atoms with Crippen LogP contribution in [0.4, 0.5) is 14.4 Å². The molecule has 10 N–H and O–H groups in total. The van der Waals surface area contributed by atoms with Gasteiger partial charge in [0.25, 0.3) is 0 Å². The molecule has 0 bridgehead atoms. The van der Waals surface area contributed by atoms with E-state index in [9.17, 15) is 77.4 Å². The van der Waals surface area contributed by atoms with Crippen molar-refractivity contribution in [1.82, 2.24) is 30.0 Å². The second-order valence-electron chi connectivity index (χ2n) is 36.9. The number of thiazole rings is 2. The third-order valence-corrected chi connectivity index (χ3v) is 23.9. The quantitative estimate of drug-likeness (QED) is 0.00603. The van der Waals surface area contributed by atoms with Crippen LogP contribution in [0.25, 0.3) is 26.6 Å². The first-order chi connectivity index (χ1) is 67.1. The summed E-state index contributed by atoms with van der Waals surface area (Å²) in [7, 11) is 0. The number of nitrogens with zero attached hydrogens (tertiary/aromatic N) is 6. The number of nitrogens with two attached hydrogens (primary N) is 1. The molecular weight excluding hydrogens is 1950 g/mol. The molecule has 0 radical (unpaired) electrons. The first kappa shape index (κ1) is 133. The molecule has 5 unspecified atom stereocenters. The minimum atomic E-state index is -1.44. The second kappa shape index (κ2) is 65.3.